The summed E-state index contributed by atoms with van der Waals surface area (Å²) >= 11 is 0. The van der Waals surface area contributed by atoms with Crippen LogP contribution < -0.4 is 5.32 Å². The highest BCUT2D eigenvalue weighted by Crippen LogP contribution is 2.32. The van der Waals surface area contributed by atoms with Gasteiger partial charge in [0.05, 0.1) is 11.5 Å². The third-order valence-electron chi connectivity index (χ3n) is 3.59. The van der Waals surface area contributed by atoms with Crippen molar-refractivity contribution in [1.82, 2.24) is 4.98 Å². The Balaban J connectivity index is 2.06. The van der Waals surface area contributed by atoms with Gasteiger partial charge >= 0.3 is 0 Å². The van der Waals surface area contributed by atoms with Gasteiger partial charge in [0, 0.05) is 19.2 Å². The molecule has 0 atom stereocenters. The molecule has 2 aromatic carbocycles. The average molecular weight is 376 g/mol. The second-order valence-electron chi connectivity index (χ2n) is 5.40. The molecule has 0 radical (unpaired) electrons. The van der Waals surface area contributed by atoms with Gasteiger partial charge in [0.25, 0.3) is 0 Å². The van der Waals surface area contributed by atoms with Crippen molar-refractivity contribution in [2.24, 2.45) is 0 Å². The molecule has 8 heteroatoms. The van der Waals surface area contributed by atoms with Crippen molar-refractivity contribution >= 4 is 15.7 Å². The van der Waals surface area contributed by atoms with Gasteiger partial charge < -0.3 is 14.5 Å². The fourth-order valence-corrected chi connectivity index (χ4v) is 3.59. The highest BCUT2D eigenvalue weighted by atomic mass is 32.2. The molecule has 0 aliphatic heterocycles. The molecular formula is C18H17FN2O4S. The van der Waals surface area contributed by atoms with Crippen molar-refractivity contribution in [3.63, 3.8) is 0 Å². The van der Waals surface area contributed by atoms with Gasteiger partial charge in [0.1, 0.15) is 5.82 Å². The number of oxazole rings is 1. The van der Waals surface area contributed by atoms with Crippen LogP contribution in [0.4, 0.5) is 10.3 Å². The van der Waals surface area contributed by atoms with Gasteiger partial charge in [0.2, 0.25) is 26.6 Å². The molecule has 0 aliphatic carbocycles. The fourth-order valence-electron chi connectivity index (χ4n) is 2.29. The Bertz CT molecular complexity index is 970. The van der Waals surface area contributed by atoms with Crippen LogP contribution in [0.1, 0.15) is 0 Å². The molecular weight excluding hydrogens is 359 g/mol. The summed E-state index contributed by atoms with van der Waals surface area (Å²) in [6, 6.07) is 13.4. The first-order chi connectivity index (χ1) is 12.5. The topological polar surface area (TPSA) is 81.4 Å². The number of sulfone groups is 1. The van der Waals surface area contributed by atoms with Crippen molar-refractivity contribution in [2.45, 2.75) is 9.92 Å². The van der Waals surface area contributed by atoms with E-state index in [1.165, 1.54) is 43.5 Å². The maximum absolute atomic E-state index is 13.1. The second-order valence-corrected chi connectivity index (χ2v) is 7.26. The summed E-state index contributed by atoms with van der Waals surface area (Å²) in [5.41, 5.74) is 0.468. The van der Waals surface area contributed by atoms with Crippen LogP contribution in [0, 0.1) is 5.82 Å². The van der Waals surface area contributed by atoms with E-state index in [4.69, 9.17) is 9.15 Å². The van der Waals surface area contributed by atoms with Crippen LogP contribution in [0.5, 0.6) is 0 Å². The van der Waals surface area contributed by atoms with E-state index in [9.17, 15) is 12.8 Å². The predicted molar refractivity (Wildman–Crippen MR) is 94.2 cm³/mol. The van der Waals surface area contributed by atoms with Gasteiger partial charge in [-0.1, -0.05) is 18.2 Å². The van der Waals surface area contributed by atoms with Crippen LogP contribution in [0.2, 0.25) is 0 Å². The van der Waals surface area contributed by atoms with Crippen molar-refractivity contribution in [2.75, 3.05) is 25.6 Å². The molecule has 1 heterocycles. The summed E-state index contributed by atoms with van der Waals surface area (Å²) < 4.78 is 49.6. The number of hydrogen-bond donors (Lipinski definition) is 1. The zero-order valence-electron chi connectivity index (χ0n) is 14.0. The van der Waals surface area contributed by atoms with E-state index in [-0.39, 0.29) is 21.7 Å². The first-order valence-corrected chi connectivity index (χ1v) is 9.30. The van der Waals surface area contributed by atoms with Crippen molar-refractivity contribution < 1.29 is 22.0 Å². The summed E-state index contributed by atoms with van der Waals surface area (Å²) in [5, 5.41) is 2.66. The maximum atomic E-state index is 13.1. The molecule has 0 saturated carbocycles. The van der Waals surface area contributed by atoms with Crippen molar-refractivity contribution in [3.8, 4) is 11.5 Å². The lowest BCUT2D eigenvalue weighted by Crippen LogP contribution is -2.11. The first kappa shape index (κ1) is 18.1. The Hall–Kier alpha value is -2.71. The standard InChI is InChI=1S/C18H17FN2O4S/c1-24-12-11-20-17-18(26(22,23)15-5-3-2-4-6-15)21-16(25-17)13-7-9-14(19)10-8-13/h2-10,20H,11-12H2,1H3. The third kappa shape index (κ3) is 3.76. The van der Waals surface area contributed by atoms with Gasteiger partial charge in [-0.2, -0.15) is 4.98 Å². The molecule has 0 fully saturated rings. The van der Waals surface area contributed by atoms with E-state index in [2.05, 4.69) is 10.3 Å². The van der Waals surface area contributed by atoms with Gasteiger partial charge in [-0.05, 0) is 36.4 Å². The zero-order chi connectivity index (χ0) is 18.6. The lowest BCUT2D eigenvalue weighted by Gasteiger charge is -2.05. The van der Waals surface area contributed by atoms with Crippen LogP contribution in [-0.2, 0) is 14.6 Å². The molecule has 26 heavy (non-hydrogen) atoms. The van der Waals surface area contributed by atoms with E-state index in [0.717, 1.165) is 0 Å². The summed E-state index contributed by atoms with van der Waals surface area (Å²) in [6.45, 7) is 0.698. The van der Waals surface area contributed by atoms with Gasteiger partial charge in [-0.15, -0.1) is 0 Å². The van der Waals surface area contributed by atoms with Gasteiger partial charge in [-0.3, -0.25) is 0 Å². The Morgan fingerprint density at radius 2 is 1.81 bits per heavy atom. The number of nitrogens with one attached hydrogen (secondary N) is 1. The van der Waals surface area contributed by atoms with E-state index in [1.807, 2.05) is 0 Å². The number of anilines is 1. The van der Waals surface area contributed by atoms with Crippen LogP contribution in [0.25, 0.3) is 11.5 Å². The molecule has 3 rings (SSSR count). The summed E-state index contributed by atoms with van der Waals surface area (Å²) in [6.07, 6.45) is 0. The molecule has 0 bridgehead atoms. The molecule has 1 N–H and O–H groups in total. The minimum absolute atomic E-state index is 0.0187. The third-order valence-corrected chi connectivity index (χ3v) is 5.27. The minimum atomic E-state index is -3.88. The molecule has 0 unspecified atom stereocenters. The highest BCUT2D eigenvalue weighted by Gasteiger charge is 2.28. The molecule has 3 aromatic rings. The minimum Gasteiger partial charge on any atom is -0.419 e. The van der Waals surface area contributed by atoms with E-state index in [0.29, 0.717) is 18.7 Å². The van der Waals surface area contributed by atoms with Crippen LogP contribution in [0.15, 0.2) is 68.9 Å². The molecule has 0 amide bonds. The fraction of sp³-hybridized carbons (Fsp3) is 0.167. The number of methoxy groups -OCH3 is 1. The molecule has 0 spiro atoms. The number of nitrogens with zero attached hydrogens (tertiary/aromatic N) is 1. The summed E-state index contributed by atoms with van der Waals surface area (Å²) in [5.74, 6) is -0.305. The number of ether oxygens (including phenoxy) is 1. The van der Waals surface area contributed by atoms with Gasteiger partial charge in [0.15, 0.2) is 0 Å². The number of halogens is 1. The molecule has 0 aliphatic rings. The molecule has 0 saturated heterocycles. The first-order valence-electron chi connectivity index (χ1n) is 7.82. The Morgan fingerprint density at radius 1 is 1.12 bits per heavy atom. The van der Waals surface area contributed by atoms with Crippen LogP contribution in [-0.4, -0.2) is 33.7 Å². The van der Waals surface area contributed by atoms with Crippen molar-refractivity contribution in [3.05, 3.63) is 60.4 Å². The van der Waals surface area contributed by atoms with Gasteiger partial charge in [-0.25, -0.2) is 12.8 Å². The van der Waals surface area contributed by atoms with Crippen LogP contribution >= 0.6 is 0 Å². The second kappa shape index (κ2) is 7.67. The SMILES string of the molecule is COCCNc1oc(-c2ccc(F)cc2)nc1S(=O)(=O)c1ccccc1. The van der Waals surface area contributed by atoms with Crippen molar-refractivity contribution in [1.29, 1.82) is 0 Å². The Labute approximate surface area is 150 Å². The zero-order valence-corrected chi connectivity index (χ0v) is 14.8. The lowest BCUT2D eigenvalue weighted by atomic mass is 10.2. The smallest absolute Gasteiger partial charge is 0.233 e. The summed E-state index contributed by atoms with van der Waals surface area (Å²) in [7, 11) is -2.35. The predicted octanol–water partition coefficient (Wildman–Crippen LogP) is 3.37. The number of hydrogen-bond acceptors (Lipinski definition) is 6. The highest BCUT2D eigenvalue weighted by molar-refractivity contribution is 7.91. The number of benzene rings is 2. The monoisotopic (exact) mass is 376 g/mol. The quantitative estimate of drug-likeness (QED) is 0.637. The Morgan fingerprint density at radius 3 is 2.46 bits per heavy atom. The Kier molecular flexibility index (Phi) is 5.34. The normalized spacial score (nSPS) is 11.5. The largest absolute Gasteiger partial charge is 0.419 e. The summed E-state index contributed by atoms with van der Waals surface area (Å²) in [4.78, 5) is 4.26. The van der Waals surface area contributed by atoms with E-state index < -0.39 is 15.7 Å². The molecule has 136 valence electrons. The average Bonchev–Trinajstić information content (AvgIpc) is 3.08. The number of aromatic nitrogens is 1. The van der Waals surface area contributed by atoms with E-state index >= 15 is 0 Å². The van der Waals surface area contributed by atoms with Crippen LogP contribution in [0.3, 0.4) is 0 Å². The maximum Gasteiger partial charge on any atom is 0.233 e. The molecule has 1 aromatic heterocycles. The molecule has 6 nitrogen and oxygen atoms in total. The van der Waals surface area contributed by atoms with E-state index in [1.54, 1.807) is 18.2 Å². The number of rotatable bonds is 7. The lowest BCUT2D eigenvalue weighted by molar-refractivity contribution is 0.210.